The first-order valence-corrected chi connectivity index (χ1v) is 10.1. The summed E-state index contributed by atoms with van der Waals surface area (Å²) >= 11 is 0. The molecule has 4 rings (SSSR count). The summed E-state index contributed by atoms with van der Waals surface area (Å²) in [6.45, 7) is 3.48. The molecule has 5 heteroatoms. The van der Waals surface area contributed by atoms with Crippen molar-refractivity contribution < 1.29 is 18.7 Å². The number of carbonyl (C=O) groups is 1. The second-order valence-corrected chi connectivity index (χ2v) is 7.33. The Labute approximate surface area is 185 Å². The topological polar surface area (TPSA) is 65.7 Å². The molecule has 0 N–H and O–H groups in total. The van der Waals surface area contributed by atoms with Crippen LogP contribution in [-0.4, -0.2) is 13.1 Å². The summed E-state index contributed by atoms with van der Waals surface area (Å²) in [5.74, 6) is 1.42. The van der Waals surface area contributed by atoms with Crippen molar-refractivity contribution in [2.45, 2.75) is 13.8 Å². The smallest absolute Gasteiger partial charge is 0.336 e. The zero-order valence-corrected chi connectivity index (χ0v) is 18.0. The molecule has 0 atom stereocenters. The third kappa shape index (κ3) is 4.32. The van der Waals surface area contributed by atoms with Gasteiger partial charge in [-0.15, -0.1) is 0 Å². The Bertz CT molecular complexity index is 1360. The number of aryl methyl sites for hydroxylation is 2. The minimum absolute atomic E-state index is 0.206. The van der Waals surface area contributed by atoms with Crippen LogP contribution in [0.4, 0.5) is 0 Å². The van der Waals surface area contributed by atoms with Gasteiger partial charge in [-0.25, -0.2) is 4.79 Å². The number of rotatable bonds is 5. The van der Waals surface area contributed by atoms with Gasteiger partial charge in [-0.3, -0.25) is 4.79 Å². The number of fused-ring (bicyclic) bond motifs is 1. The molecule has 0 aliphatic heterocycles. The van der Waals surface area contributed by atoms with Gasteiger partial charge in [0.05, 0.1) is 17.9 Å². The fraction of sp³-hybridized carbons (Fsp3) is 0.111. The average molecular weight is 426 g/mol. The van der Waals surface area contributed by atoms with E-state index in [1.54, 1.807) is 33.1 Å². The monoisotopic (exact) mass is 426 g/mol. The Morgan fingerprint density at radius 1 is 0.875 bits per heavy atom. The number of hydrogen-bond donors (Lipinski definition) is 0. The van der Waals surface area contributed by atoms with E-state index in [0.717, 1.165) is 11.1 Å². The van der Waals surface area contributed by atoms with E-state index in [4.69, 9.17) is 13.9 Å². The van der Waals surface area contributed by atoms with Crippen molar-refractivity contribution in [2.24, 2.45) is 0 Å². The molecule has 0 saturated heterocycles. The Morgan fingerprint density at radius 2 is 1.56 bits per heavy atom. The quantitative estimate of drug-likeness (QED) is 0.302. The van der Waals surface area contributed by atoms with Crippen molar-refractivity contribution in [3.8, 4) is 22.6 Å². The van der Waals surface area contributed by atoms with Crippen molar-refractivity contribution in [1.29, 1.82) is 0 Å². The number of carbonyl (C=O) groups excluding carboxylic acids is 1. The molecule has 160 valence electrons. The third-order valence-corrected chi connectivity index (χ3v) is 5.17. The highest BCUT2D eigenvalue weighted by Gasteiger charge is 2.18. The van der Waals surface area contributed by atoms with Crippen molar-refractivity contribution in [2.75, 3.05) is 7.11 Å². The summed E-state index contributed by atoms with van der Waals surface area (Å²) in [6, 6.07) is 20.0. The van der Waals surface area contributed by atoms with E-state index >= 15 is 0 Å². The van der Waals surface area contributed by atoms with Crippen molar-refractivity contribution in [1.82, 2.24) is 0 Å². The summed E-state index contributed by atoms with van der Waals surface area (Å²) in [5, 5.41) is 0.894. The highest BCUT2D eigenvalue weighted by atomic mass is 16.5. The summed E-state index contributed by atoms with van der Waals surface area (Å²) < 4.78 is 16.6. The number of benzene rings is 2. The molecule has 0 radical (unpaired) electrons. The molecular formula is C27H22O5. The van der Waals surface area contributed by atoms with Crippen LogP contribution in [0.2, 0.25) is 0 Å². The van der Waals surface area contributed by atoms with Gasteiger partial charge >= 0.3 is 5.97 Å². The lowest BCUT2D eigenvalue weighted by atomic mass is 10.1. The maximum atomic E-state index is 13.0. The van der Waals surface area contributed by atoms with Gasteiger partial charge in [0, 0.05) is 6.08 Å². The van der Waals surface area contributed by atoms with Crippen LogP contribution < -0.4 is 14.9 Å². The van der Waals surface area contributed by atoms with Crippen molar-refractivity contribution in [3.63, 3.8) is 0 Å². The summed E-state index contributed by atoms with van der Waals surface area (Å²) in [7, 11) is 1.59. The van der Waals surface area contributed by atoms with Crippen molar-refractivity contribution >= 4 is 22.8 Å². The first-order chi connectivity index (χ1) is 15.5. The molecule has 3 aromatic carbocycles. The second-order valence-electron chi connectivity index (χ2n) is 7.33. The third-order valence-electron chi connectivity index (χ3n) is 5.17. The highest BCUT2D eigenvalue weighted by molar-refractivity contribution is 5.96. The Balaban J connectivity index is 1.82. The predicted octanol–water partition coefficient (Wildman–Crippen LogP) is 5.70. The van der Waals surface area contributed by atoms with Gasteiger partial charge in [0.1, 0.15) is 23.0 Å². The number of hydrogen-bond acceptors (Lipinski definition) is 5. The van der Waals surface area contributed by atoms with Crippen LogP contribution in [-0.2, 0) is 4.79 Å². The van der Waals surface area contributed by atoms with Crippen LogP contribution in [0.5, 0.6) is 11.5 Å². The first-order valence-electron chi connectivity index (χ1n) is 10.1. The van der Waals surface area contributed by atoms with Crippen LogP contribution in [0.3, 0.4) is 0 Å². The van der Waals surface area contributed by atoms with Crippen molar-refractivity contribution in [3.05, 3.63) is 100 Å². The molecule has 1 heterocycles. The van der Waals surface area contributed by atoms with Gasteiger partial charge in [-0.05, 0) is 60.9 Å². The maximum Gasteiger partial charge on any atom is 0.336 e. The number of methoxy groups -OCH3 is 1. The molecule has 0 spiro atoms. The van der Waals surface area contributed by atoms with Crippen LogP contribution >= 0.6 is 0 Å². The SMILES string of the molecule is COc1ccc(-c2cc(OC(=O)C=Cc3ccccc3)c3c(C)oc(C)c3c(=O)c2)cc1. The van der Waals surface area contributed by atoms with Crippen LogP contribution in [0.15, 0.2) is 82.0 Å². The molecule has 32 heavy (non-hydrogen) atoms. The largest absolute Gasteiger partial charge is 0.497 e. The lowest BCUT2D eigenvalue weighted by molar-refractivity contribution is -0.128. The fourth-order valence-corrected chi connectivity index (χ4v) is 3.65. The molecule has 0 amide bonds. The normalized spacial score (nSPS) is 11.1. The highest BCUT2D eigenvalue weighted by Crippen LogP contribution is 2.34. The van der Waals surface area contributed by atoms with Gasteiger partial charge in [-0.1, -0.05) is 42.5 Å². The Morgan fingerprint density at radius 3 is 2.25 bits per heavy atom. The summed E-state index contributed by atoms with van der Waals surface area (Å²) in [5.41, 5.74) is 2.10. The van der Waals surface area contributed by atoms with Gasteiger partial charge < -0.3 is 13.9 Å². The standard InChI is InChI=1S/C27H22O5/c1-17-26-23(28)15-21(20-10-12-22(30-3)13-11-20)16-24(27(26)18(2)31-17)32-25(29)14-9-19-7-5-4-6-8-19/h4-16H,1-3H3. The molecule has 0 unspecified atom stereocenters. The molecule has 0 saturated carbocycles. The van der Waals surface area contributed by atoms with Gasteiger partial charge in [0.25, 0.3) is 0 Å². The lowest BCUT2D eigenvalue weighted by Gasteiger charge is -2.05. The Kier molecular flexibility index (Phi) is 5.90. The first kappa shape index (κ1) is 21.1. The van der Waals surface area contributed by atoms with E-state index in [2.05, 4.69) is 0 Å². The fourth-order valence-electron chi connectivity index (χ4n) is 3.65. The van der Waals surface area contributed by atoms with Gasteiger partial charge in [-0.2, -0.15) is 0 Å². The van der Waals surface area contributed by atoms with E-state index in [9.17, 15) is 9.59 Å². The van der Waals surface area contributed by atoms with E-state index < -0.39 is 5.97 Å². The van der Waals surface area contributed by atoms with Crippen LogP contribution in [0, 0.1) is 13.8 Å². The zero-order valence-electron chi connectivity index (χ0n) is 18.0. The molecule has 1 aromatic heterocycles. The zero-order chi connectivity index (χ0) is 22.7. The summed E-state index contributed by atoms with van der Waals surface area (Å²) in [6.07, 6.45) is 3.04. The predicted molar refractivity (Wildman–Crippen MR) is 125 cm³/mol. The minimum Gasteiger partial charge on any atom is -0.497 e. The van der Waals surface area contributed by atoms with E-state index in [-0.39, 0.29) is 11.2 Å². The van der Waals surface area contributed by atoms with Gasteiger partial charge in [0.15, 0.2) is 5.43 Å². The number of ether oxygens (including phenoxy) is 2. The van der Waals surface area contributed by atoms with E-state index in [1.165, 1.54) is 12.1 Å². The van der Waals surface area contributed by atoms with Crippen LogP contribution in [0.25, 0.3) is 28.0 Å². The number of esters is 1. The molecule has 5 nitrogen and oxygen atoms in total. The number of furan rings is 1. The Hall–Kier alpha value is -4.12. The molecule has 4 aromatic rings. The summed E-state index contributed by atoms with van der Waals surface area (Å²) in [4.78, 5) is 25.7. The van der Waals surface area contributed by atoms with E-state index in [1.807, 2.05) is 54.6 Å². The molecule has 0 bridgehead atoms. The molecule has 0 aliphatic carbocycles. The van der Waals surface area contributed by atoms with E-state index in [0.29, 0.717) is 33.6 Å². The molecular weight excluding hydrogens is 404 g/mol. The second kappa shape index (κ2) is 8.94. The average Bonchev–Trinajstić information content (AvgIpc) is 3.01. The lowest BCUT2D eigenvalue weighted by Crippen LogP contribution is -2.04. The molecule has 0 fully saturated rings. The minimum atomic E-state index is -0.548. The van der Waals surface area contributed by atoms with Gasteiger partial charge in [0.2, 0.25) is 0 Å². The van der Waals surface area contributed by atoms with Crippen LogP contribution in [0.1, 0.15) is 17.1 Å². The molecule has 0 aliphatic rings. The maximum absolute atomic E-state index is 13.0.